The zero-order valence-electron chi connectivity index (χ0n) is 15.9. The Labute approximate surface area is 180 Å². The van der Waals surface area contributed by atoms with Gasteiger partial charge in [-0.1, -0.05) is 41.9 Å². The number of carbonyl (C=O) groups is 1. The molecule has 11 heteroatoms. The number of nitrogens with one attached hydrogen (secondary N) is 1. The summed E-state index contributed by atoms with van der Waals surface area (Å²) < 4.78 is 7.18. The Hall–Kier alpha value is -4.05. The second-order valence-corrected chi connectivity index (χ2v) is 6.76. The molecule has 0 aliphatic rings. The van der Waals surface area contributed by atoms with Crippen LogP contribution in [-0.4, -0.2) is 43.8 Å². The topological polar surface area (TPSA) is 125 Å². The largest absolute Gasteiger partial charge is 0.475 e. The number of hydrogen-bond donors (Lipinski definition) is 1. The summed E-state index contributed by atoms with van der Waals surface area (Å²) in [5, 5.41) is 26.3. The molecule has 1 N–H and O–H groups in total. The predicted molar refractivity (Wildman–Crippen MR) is 112 cm³/mol. The summed E-state index contributed by atoms with van der Waals surface area (Å²) in [6.45, 7) is 0.269. The van der Waals surface area contributed by atoms with Crippen LogP contribution in [0.25, 0.3) is 17.0 Å². The van der Waals surface area contributed by atoms with E-state index < -0.39 is 10.8 Å². The molecule has 31 heavy (non-hydrogen) atoms. The van der Waals surface area contributed by atoms with E-state index >= 15 is 0 Å². The number of fused-ring (bicyclic) bond motifs is 1. The van der Waals surface area contributed by atoms with Gasteiger partial charge in [0, 0.05) is 23.8 Å². The third-order valence-electron chi connectivity index (χ3n) is 4.31. The van der Waals surface area contributed by atoms with E-state index in [0.717, 1.165) is 11.6 Å². The maximum atomic E-state index is 12.3. The number of benzene rings is 2. The number of hydrogen-bond acceptors (Lipinski definition) is 7. The van der Waals surface area contributed by atoms with Crippen molar-refractivity contribution < 1.29 is 14.5 Å². The van der Waals surface area contributed by atoms with E-state index in [-0.39, 0.29) is 29.4 Å². The monoisotopic (exact) mass is 438 g/mol. The molecule has 2 aromatic carbocycles. The summed E-state index contributed by atoms with van der Waals surface area (Å²) in [5.41, 5.74) is 1.24. The van der Waals surface area contributed by atoms with Crippen LogP contribution in [0.1, 0.15) is 10.4 Å². The van der Waals surface area contributed by atoms with E-state index in [0.29, 0.717) is 17.4 Å². The van der Waals surface area contributed by atoms with Crippen LogP contribution in [0.4, 0.5) is 5.69 Å². The lowest BCUT2D eigenvalue weighted by Gasteiger charge is -2.08. The molecule has 4 rings (SSSR count). The molecule has 2 heterocycles. The third kappa shape index (κ3) is 4.43. The Morgan fingerprint density at radius 2 is 1.94 bits per heavy atom. The van der Waals surface area contributed by atoms with Gasteiger partial charge in [-0.15, -0.1) is 15.3 Å². The van der Waals surface area contributed by atoms with Crippen molar-refractivity contribution in [2.24, 2.45) is 0 Å². The molecule has 0 spiro atoms. The van der Waals surface area contributed by atoms with Gasteiger partial charge in [0.05, 0.1) is 22.1 Å². The van der Waals surface area contributed by atoms with Crippen LogP contribution in [0.2, 0.25) is 5.02 Å². The van der Waals surface area contributed by atoms with Crippen molar-refractivity contribution in [3.63, 3.8) is 0 Å². The molecule has 1 amide bonds. The minimum atomic E-state index is -0.591. The van der Waals surface area contributed by atoms with Crippen molar-refractivity contribution in [1.29, 1.82) is 0 Å². The molecule has 0 aliphatic carbocycles. The molecular formula is C20H15ClN6O4. The highest BCUT2D eigenvalue weighted by molar-refractivity contribution is 6.33. The van der Waals surface area contributed by atoms with Gasteiger partial charge < -0.3 is 10.1 Å². The number of amides is 1. The van der Waals surface area contributed by atoms with Gasteiger partial charge in [-0.3, -0.25) is 14.9 Å². The molecule has 0 fully saturated rings. The lowest BCUT2D eigenvalue weighted by Crippen LogP contribution is -2.28. The molecule has 0 aliphatic heterocycles. The number of nitro groups is 1. The van der Waals surface area contributed by atoms with E-state index in [1.807, 2.05) is 30.3 Å². The SMILES string of the molecule is O=C(NCCOc1ccc2nnc(-c3ccccc3)n2n1)c1cc([N+](=O)[O-])ccc1Cl. The Balaban J connectivity index is 1.39. The fourth-order valence-corrected chi connectivity index (χ4v) is 3.04. The first-order valence-corrected chi connectivity index (χ1v) is 9.53. The van der Waals surface area contributed by atoms with Crippen molar-refractivity contribution in [3.05, 3.63) is 81.4 Å². The second kappa shape index (κ2) is 8.76. The minimum Gasteiger partial charge on any atom is -0.475 e. The van der Waals surface area contributed by atoms with Gasteiger partial charge in [-0.2, -0.15) is 4.52 Å². The highest BCUT2D eigenvalue weighted by Crippen LogP contribution is 2.22. The van der Waals surface area contributed by atoms with Gasteiger partial charge in [-0.05, 0) is 12.1 Å². The molecule has 0 saturated carbocycles. The lowest BCUT2D eigenvalue weighted by atomic mass is 10.2. The molecular weight excluding hydrogens is 424 g/mol. The van der Waals surface area contributed by atoms with Crippen LogP contribution in [0.5, 0.6) is 5.88 Å². The van der Waals surface area contributed by atoms with Crippen LogP contribution in [0.15, 0.2) is 60.7 Å². The van der Waals surface area contributed by atoms with Crippen molar-refractivity contribution in [1.82, 2.24) is 25.1 Å². The Kier molecular flexibility index (Phi) is 5.72. The maximum absolute atomic E-state index is 12.3. The first-order valence-electron chi connectivity index (χ1n) is 9.16. The van der Waals surface area contributed by atoms with Crippen molar-refractivity contribution in [2.75, 3.05) is 13.2 Å². The van der Waals surface area contributed by atoms with Crippen LogP contribution in [0.3, 0.4) is 0 Å². The van der Waals surface area contributed by atoms with Crippen LogP contribution >= 0.6 is 11.6 Å². The molecule has 0 unspecified atom stereocenters. The van der Waals surface area contributed by atoms with Gasteiger partial charge in [0.25, 0.3) is 11.6 Å². The summed E-state index contributed by atoms with van der Waals surface area (Å²) >= 11 is 5.98. The van der Waals surface area contributed by atoms with Gasteiger partial charge in [-0.25, -0.2) is 0 Å². The number of rotatable bonds is 7. The summed E-state index contributed by atoms with van der Waals surface area (Å²) in [4.78, 5) is 22.6. The summed E-state index contributed by atoms with van der Waals surface area (Å²) in [6.07, 6.45) is 0. The van der Waals surface area contributed by atoms with E-state index in [1.54, 1.807) is 16.6 Å². The zero-order valence-corrected chi connectivity index (χ0v) is 16.7. The van der Waals surface area contributed by atoms with E-state index in [4.69, 9.17) is 16.3 Å². The highest BCUT2D eigenvalue weighted by atomic mass is 35.5. The summed E-state index contributed by atoms with van der Waals surface area (Å²) in [7, 11) is 0. The average Bonchev–Trinajstić information content (AvgIpc) is 3.20. The van der Waals surface area contributed by atoms with Crippen LogP contribution in [0, 0.1) is 10.1 Å². The van der Waals surface area contributed by atoms with E-state index in [1.165, 1.54) is 12.1 Å². The molecule has 0 atom stereocenters. The fourth-order valence-electron chi connectivity index (χ4n) is 2.83. The Morgan fingerprint density at radius 1 is 1.13 bits per heavy atom. The average molecular weight is 439 g/mol. The summed E-state index contributed by atoms with van der Waals surface area (Å²) in [6, 6.07) is 16.6. The normalized spacial score (nSPS) is 10.7. The minimum absolute atomic E-state index is 0.0207. The Bertz CT molecular complexity index is 1260. The number of aromatic nitrogens is 4. The summed E-state index contributed by atoms with van der Waals surface area (Å²) in [5.74, 6) is 0.368. The molecule has 156 valence electrons. The smallest absolute Gasteiger partial charge is 0.270 e. The van der Waals surface area contributed by atoms with Gasteiger partial charge >= 0.3 is 0 Å². The zero-order chi connectivity index (χ0) is 21.8. The second-order valence-electron chi connectivity index (χ2n) is 6.36. The number of halogens is 1. The first kappa shape index (κ1) is 20.2. The van der Waals surface area contributed by atoms with Gasteiger partial charge in [0.2, 0.25) is 5.88 Å². The molecule has 2 aromatic heterocycles. The third-order valence-corrected chi connectivity index (χ3v) is 4.64. The van der Waals surface area contributed by atoms with Gasteiger partial charge in [0.1, 0.15) is 6.61 Å². The molecule has 10 nitrogen and oxygen atoms in total. The predicted octanol–water partition coefficient (Wildman–Crippen LogP) is 3.16. The van der Waals surface area contributed by atoms with E-state index in [9.17, 15) is 14.9 Å². The molecule has 0 saturated heterocycles. The quantitative estimate of drug-likeness (QED) is 0.267. The number of ether oxygens (including phenoxy) is 1. The van der Waals surface area contributed by atoms with Crippen molar-refractivity contribution in [3.8, 4) is 17.3 Å². The standard InChI is InChI=1S/C20H15ClN6O4/c21-16-7-6-14(27(29)30)12-15(16)20(28)22-10-11-31-18-9-8-17-23-24-19(26(17)25-18)13-4-2-1-3-5-13/h1-9,12H,10-11H2,(H,22,28). The highest BCUT2D eigenvalue weighted by Gasteiger charge is 2.16. The molecule has 0 radical (unpaired) electrons. The molecule has 4 aromatic rings. The van der Waals surface area contributed by atoms with Crippen LogP contribution < -0.4 is 10.1 Å². The lowest BCUT2D eigenvalue weighted by molar-refractivity contribution is -0.384. The number of nitrogens with zero attached hydrogens (tertiary/aromatic N) is 5. The first-order chi connectivity index (χ1) is 15.0. The maximum Gasteiger partial charge on any atom is 0.270 e. The van der Waals surface area contributed by atoms with Crippen molar-refractivity contribution >= 4 is 28.8 Å². The number of carbonyl (C=O) groups excluding carboxylic acids is 1. The molecule has 0 bridgehead atoms. The number of non-ortho nitro benzene ring substituents is 1. The fraction of sp³-hybridized carbons (Fsp3) is 0.100. The van der Waals surface area contributed by atoms with Gasteiger partial charge in [0.15, 0.2) is 11.5 Å². The number of nitro benzene ring substituents is 1. The van der Waals surface area contributed by atoms with Crippen LogP contribution in [-0.2, 0) is 0 Å². The Morgan fingerprint density at radius 3 is 2.71 bits per heavy atom. The van der Waals surface area contributed by atoms with Crippen molar-refractivity contribution in [2.45, 2.75) is 0 Å². The van der Waals surface area contributed by atoms with E-state index in [2.05, 4.69) is 20.6 Å².